The highest BCUT2D eigenvalue weighted by molar-refractivity contribution is 7.98. The molecule has 0 heterocycles. The predicted octanol–water partition coefficient (Wildman–Crippen LogP) is 2.66. The summed E-state index contributed by atoms with van der Waals surface area (Å²) >= 11 is 1.83. The summed E-state index contributed by atoms with van der Waals surface area (Å²) in [5, 5.41) is 6.10. The van der Waals surface area contributed by atoms with E-state index in [1.807, 2.05) is 43.0 Å². The molecular formula is C14H22N2OS. The van der Waals surface area contributed by atoms with E-state index in [2.05, 4.69) is 23.8 Å². The highest BCUT2D eigenvalue weighted by Crippen LogP contribution is 2.08. The number of anilines is 1. The van der Waals surface area contributed by atoms with E-state index in [1.165, 1.54) is 5.56 Å². The number of aryl methyl sites for hydroxylation is 1. The van der Waals surface area contributed by atoms with Gasteiger partial charge < -0.3 is 10.6 Å². The van der Waals surface area contributed by atoms with E-state index in [0.717, 1.165) is 17.9 Å². The van der Waals surface area contributed by atoms with Crippen LogP contribution in [-0.2, 0) is 4.79 Å². The Morgan fingerprint density at radius 3 is 2.61 bits per heavy atom. The number of benzene rings is 1. The van der Waals surface area contributed by atoms with Crippen molar-refractivity contribution < 1.29 is 4.79 Å². The molecule has 1 aromatic carbocycles. The first-order chi connectivity index (χ1) is 8.61. The van der Waals surface area contributed by atoms with Gasteiger partial charge in [-0.2, -0.15) is 11.8 Å². The summed E-state index contributed by atoms with van der Waals surface area (Å²) in [6.07, 6.45) is 3.18. The van der Waals surface area contributed by atoms with Crippen LogP contribution in [0.5, 0.6) is 0 Å². The minimum atomic E-state index is 0.00912. The van der Waals surface area contributed by atoms with E-state index in [9.17, 15) is 4.79 Å². The average molecular weight is 266 g/mol. The number of nitrogens with one attached hydrogen (secondary N) is 2. The van der Waals surface area contributed by atoms with Gasteiger partial charge in [0, 0.05) is 11.7 Å². The Morgan fingerprint density at radius 1 is 1.33 bits per heavy atom. The number of thioether (sulfide) groups is 1. The van der Waals surface area contributed by atoms with Crippen molar-refractivity contribution in [3.05, 3.63) is 29.8 Å². The molecule has 0 fully saturated rings. The number of amides is 1. The Morgan fingerprint density at radius 2 is 2.00 bits per heavy atom. The minimum absolute atomic E-state index is 0.00912. The lowest BCUT2D eigenvalue weighted by atomic mass is 10.2. The maximum Gasteiger partial charge on any atom is 0.238 e. The molecule has 1 atom stereocenters. The monoisotopic (exact) mass is 266 g/mol. The van der Waals surface area contributed by atoms with Crippen molar-refractivity contribution in [2.75, 3.05) is 23.9 Å². The predicted molar refractivity (Wildman–Crippen MR) is 80.3 cm³/mol. The third-order valence-electron chi connectivity index (χ3n) is 2.70. The van der Waals surface area contributed by atoms with Gasteiger partial charge in [-0.1, -0.05) is 17.7 Å². The smallest absolute Gasteiger partial charge is 0.238 e. The van der Waals surface area contributed by atoms with Crippen molar-refractivity contribution in [1.29, 1.82) is 0 Å². The molecule has 3 nitrogen and oxygen atoms in total. The largest absolute Gasteiger partial charge is 0.325 e. The molecule has 2 N–H and O–H groups in total. The summed E-state index contributed by atoms with van der Waals surface area (Å²) in [5.41, 5.74) is 2.04. The van der Waals surface area contributed by atoms with Gasteiger partial charge in [0.2, 0.25) is 5.91 Å². The third kappa shape index (κ3) is 6.07. The first kappa shape index (κ1) is 15.1. The maximum absolute atomic E-state index is 11.7. The molecule has 0 spiro atoms. The van der Waals surface area contributed by atoms with Gasteiger partial charge in [0.05, 0.1) is 6.54 Å². The topological polar surface area (TPSA) is 41.1 Å². The fraction of sp³-hybridized carbons (Fsp3) is 0.500. The van der Waals surface area contributed by atoms with Crippen molar-refractivity contribution in [3.8, 4) is 0 Å². The second kappa shape index (κ2) is 8.16. The lowest BCUT2D eigenvalue weighted by Crippen LogP contribution is -2.34. The zero-order chi connectivity index (χ0) is 13.4. The van der Waals surface area contributed by atoms with E-state index in [4.69, 9.17) is 0 Å². The van der Waals surface area contributed by atoms with Crippen LogP contribution in [0.1, 0.15) is 18.9 Å². The summed E-state index contributed by atoms with van der Waals surface area (Å²) in [5.74, 6) is 1.13. The highest BCUT2D eigenvalue weighted by Gasteiger charge is 2.05. The van der Waals surface area contributed by atoms with Crippen LogP contribution in [0.2, 0.25) is 0 Å². The molecule has 0 bridgehead atoms. The Bertz CT molecular complexity index is 365. The lowest BCUT2D eigenvalue weighted by Gasteiger charge is -2.13. The van der Waals surface area contributed by atoms with Crippen LogP contribution in [-0.4, -0.2) is 30.5 Å². The first-order valence-electron chi connectivity index (χ1n) is 6.20. The molecule has 100 valence electrons. The molecule has 0 aliphatic heterocycles. The molecule has 18 heavy (non-hydrogen) atoms. The lowest BCUT2D eigenvalue weighted by molar-refractivity contribution is -0.115. The van der Waals surface area contributed by atoms with Gasteiger partial charge in [-0.15, -0.1) is 0 Å². The van der Waals surface area contributed by atoms with Gasteiger partial charge >= 0.3 is 0 Å². The molecule has 1 aromatic rings. The molecule has 0 aliphatic carbocycles. The molecule has 1 amide bonds. The fourth-order valence-electron chi connectivity index (χ4n) is 1.51. The van der Waals surface area contributed by atoms with Crippen molar-refractivity contribution in [2.45, 2.75) is 26.3 Å². The van der Waals surface area contributed by atoms with Crippen LogP contribution in [0, 0.1) is 6.92 Å². The van der Waals surface area contributed by atoms with Crippen molar-refractivity contribution in [3.63, 3.8) is 0 Å². The summed E-state index contributed by atoms with van der Waals surface area (Å²) in [4.78, 5) is 11.7. The normalized spacial score (nSPS) is 12.2. The number of carbonyl (C=O) groups is 1. The number of hydrogen-bond acceptors (Lipinski definition) is 3. The Labute approximate surface area is 114 Å². The fourth-order valence-corrected chi connectivity index (χ4v) is 2.09. The number of carbonyl (C=O) groups excluding carboxylic acids is 1. The molecule has 0 aromatic heterocycles. The molecule has 0 saturated carbocycles. The van der Waals surface area contributed by atoms with Crippen molar-refractivity contribution in [2.24, 2.45) is 0 Å². The van der Waals surface area contributed by atoms with Gasteiger partial charge in [-0.25, -0.2) is 0 Å². The highest BCUT2D eigenvalue weighted by atomic mass is 32.2. The molecule has 1 unspecified atom stereocenters. The van der Waals surface area contributed by atoms with Gasteiger partial charge in [-0.05, 0) is 44.4 Å². The van der Waals surface area contributed by atoms with E-state index in [1.54, 1.807) is 0 Å². The zero-order valence-corrected chi connectivity index (χ0v) is 12.1. The SMILES string of the molecule is CSCCC(C)NCC(=O)Nc1ccc(C)cc1. The molecule has 0 saturated heterocycles. The molecular weight excluding hydrogens is 244 g/mol. The van der Waals surface area contributed by atoms with E-state index in [-0.39, 0.29) is 5.91 Å². The van der Waals surface area contributed by atoms with Crippen LogP contribution < -0.4 is 10.6 Å². The van der Waals surface area contributed by atoms with E-state index in [0.29, 0.717) is 12.6 Å². The summed E-state index contributed by atoms with van der Waals surface area (Å²) < 4.78 is 0. The maximum atomic E-state index is 11.7. The first-order valence-corrected chi connectivity index (χ1v) is 7.60. The van der Waals surface area contributed by atoms with Crippen LogP contribution >= 0.6 is 11.8 Å². The second-order valence-electron chi connectivity index (χ2n) is 4.48. The molecule has 0 radical (unpaired) electrons. The van der Waals surface area contributed by atoms with Crippen LogP contribution in [0.15, 0.2) is 24.3 Å². The Kier molecular flexibility index (Phi) is 6.83. The van der Waals surface area contributed by atoms with Gasteiger partial charge in [0.15, 0.2) is 0 Å². The van der Waals surface area contributed by atoms with Gasteiger partial charge in [-0.3, -0.25) is 4.79 Å². The van der Waals surface area contributed by atoms with Gasteiger partial charge in [0.25, 0.3) is 0 Å². The van der Waals surface area contributed by atoms with Crippen LogP contribution in [0.25, 0.3) is 0 Å². The molecule has 1 rings (SSSR count). The standard InChI is InChI=1S/C14H22N2OS/c1-11-4-6-13(7-5-11)16-14(17)10-15-12(2)8-9-18-3/h4-7,12,15H,8-10H2,1-3H3,(H,16,17). The van der Waals surface area contributed by atoms with Crippen molar-refractivity contribution in [1.82, 2.24) is 5.32 Å². The Hall–Kier alpha value is -1.00. The van der Waals surface area contributed by atoms with Crippen molar-refractivity contribution >= 4 is 23.4 Å². The summed E-state index contributed by atoms with van der Waals surface area (Å²) in [6, 6.07) is 8.20. The van der Waals surface area contributed by atoms with E-state index < -0.39 is 0 Å². The zero-order valence-electron chi connectivity index (χ0n) is 11.3. The number of rotatable bonds is 7. The molecule has 0 aliphatic rings. The molecule has 4 heteroatoms. The minimum Gasteiger partial charge on any atom is -0.325 e. The van der Waals surface area contributed by atoms with E-state index >= 15 is 0 Å². The van der Waals surface area contributed by atoms with Crippen LogP contribution in [0.3, 0.4) is 0 Å². The summed E-state index contributed by atoms with van der Waals surface area (Å²) in [6.45, 7) is 4.50. The quantitative estimate of drug-likeness (QED) is 0.797. The third-order valence-corrected chi connectivity index (χ3v) is 3.35. The Balaban J connectivity index is 2.27. The average Bonchev–Trinajstić information content (AvgIpc) is 2.36. The number of hydrogen-bond donors (Lipinski definition) is 2. The van der Waals surface area contributed by atoms with Gasteiger partial charge in [0.1, 0.15) is 0 Å². The second-order valence-corrected chi connectivity index (χ2v) is 5.46. The van der Waals surface area contributed by atoms with Crippen LogP contribution in [0.4, 0.5) is 5.69 Å². The summed E-state index contributed by atoms with van der Waals surface area (Å²) in [7, 11) is 0.